The van der Waals surface area contributed by atoms with Crippen LogP contribution in [0.3, 0.4) is 0 Å². The van der Waals surface area contributed by atoms with Crippen molar-refractivity contribution in [2.24, 2.45) is 7.05 Å². The van der Waals surface area contributed by atoms with Gasteiger partial charge >= 0.3 is 0 Å². The number of unbranched alkanes of at least 4 members (excludes halogenated alkanes) is 1. The molecule has 0 aliphatic carbocycles. The maximum Gasteiger partial charge on any atom is 0.175 e. The van der Waals surface area contributed by atoms with E-state index in [4.69, 9.17) is 5.73 Å². The minimum absolute atomic E-state index is 0.287. The molecule has 2 aromatic heterocycles. The van der Waals surface area contributed by atoms with Gasteiger partial charge in [-0.3, -0.25) is 0 Å². The fraction of sp³-hybridized carbons (Fsp3) is 0.615. The first-order valence-corrected chi connectivity index (χ1v) is 6.78. The zero-order valence-corrected chi connectivity index (χ0v) is 12.1. The second-order valence-corrected chi connectivity index (χ2v) is 5.12. The summed E-state index contributed by atoms with van der Waals surface area (Å²) in [6.07, 6.45) is 3.21. The van der Waals surface area contributed by atoms with E-state index >= 15 is 0 Å². The second-order valence-electron chi connectivity index (χ2n) is 5.12. The molecule has 6 heteroatoms. The Morgan fingerprint density at radius 1 is 1.32 bits per heavy atom. The van der Waals surface area contributed by atoms with Crippen LogP contribution in [0.4, 0.5) is 11.6 Å². The van der Waals surface area contributed by atoms with Crippen LogP contribution in [0.1, 0.15) is 39.4 Å². The van der Waals surface area contributed by atoms with Gasteiger partial charge in [-0.25, -0.2) is 4.98 Å². The highest BCUT2D eigenvalue weighted by Gasteiger charge is 2.16. The smallest absolute Gasteiger partial charge is 0.175 e. The molecule has 0 atom stereocenters. The molecule has 0 saturated carbocycles. The fourth-order valence-electron chi connectivity index (χ4n) is 2.12. The second kappa shape index (κ2) is 5.42. The van der Waals surface area contributed by atoms with E-state index in [-0.39, 0.29) is 6.04 Å². The zero-order chi connectivity index (χ0) is 14.0. The number of nitrogens with zero attached hydrogens (tertiary/aromatic N) is 4. The third-order valence-corrected chi connectivity index (χ3v) is 3.09. The van der Waals surface area contributed by atoms with Crippen molar-refractivity contribution in [3.63, 3.8) is 0 Å². The highest BCUT2D eigenvalue weighted by atomic mass is 15.2. The number of nitrogens with one attached hydrogen (secondary N) is 1. The molecule has 0 bridgehead atoms. The number of fused-ring (bicyclic) bond motifs is 1. The number of imidazole rings is 1. The average Bonchev–Trinajstić information content (AvgIpc) is 2.69. The molecule has 0 unspecified atom stereocenters. The molecule has 6 nitrogen and oxygen atoms in total. The van der Waals surface area contributed by atoms with E-state index in [1.807, 2.05) is 7.05 Å². The van der Waals surface area contributed by atoms with Crippen LogP contribution in [0.25, 0.3) is 11.0 Å². The van der Waals surface area contributed by atoms with Crippen molar-refractivity contribution >= 4 is 22.7 Å². The van der Waals surface area contributed by atoms with Crippen LogP contribution in [0.5, 0.6) is 0 Å². The zero-order valence-electron chi connectivity index (χ0n) is 12.1. The normalized spacial score (nSPS) is 11.4. The number of hydrogen-bond acceptors (Lipinski definition) is 5. The lowest BCUT2D eigenvalue weighted by Crippen LogP contribution is -2.13. The maximum absolute atomic E-state index is 5.89. The minimum atomic E-state index is 0.287. The van der Waals surface area contributed by atoms with Crippen molar-refractivity contribution < 1.29 is 0 Å². The Morgan fingerprint density at radius 3 is 2.68 bits per heavy atom. The quantitative estimate of drug-likeness (QED) is 0.862. The molecule has 0 aromatic carbocycles. The van der Waals surface area contributed by atoms with Gasteiger partial charge in [-0.15, -0.1) is 10.2 Å². The Kier molecular flexibility index (Phi) is 3.87. The van der Waals surface area contributed by atoms with Gasteiger partial charge in [0.15, 0.2) is 11.6 Å². The van der Waals surface area contributed by atoms with Gasteiger partial charge in [-0.05, 0) is 20.3 Å². The first-order chi connectivity index (χ1) is 9.04. The Bertz CT molecular complexity index is 572. The monoisotopic (exact) mass is 262 g/mol. The van der Waals surface area contributed by atoms with Gasteiger partial charge in [0.1, 0.15) is 16.9 Å². The Balaban J connectivity index is 2.53. The van der Waals surface area contributed by atoms with Gasteiger partial charge in [0.05, 0.1) is 0 Å². The molecule has 0 aliphatic heterocycles. The first kappa shape index (κ1) is 13.6. The summed E-state index contributed by atoms with van der Waals surface area (Å²) >= 11 is 0. The summed E-state index contributed by atoms with van der Waals surface area (Å²) in [5, 5.41) is 11.4. The van der Waals surface area contributed by atoms with Crippen molar-refractivity contribution in [3.8, 4) is 0 Å². The predicted octanol–water partition coefficient (Wildman–Crippen LogP) is 2.11. The average molecular weight is 262 g/mol. The van der Waals surface area contributed by atoms with Crippen LogP contribution in [0.2, 0.25) is 0 Å². The van der Waals surface area contributed by atoms with E-state index in [0.29, 0.717) is 5.82 Å². The third kappa shape index (κ3) is 2.62. The van der Waals surface area contributed by atoms with Gasteiger partial charge in [0.2, 0.25) is 0 Å². The Morgan fingerprint density at radius 2 is 2.05 bits per heavy atom. The minimum Gasteiger partial charge on any atom is -0.380 e. The summed E-state index contributed by atoms with van der Waals surface area (Å²) in [5.41, 5.74) is 7.57. The van der Waals surface area contributed by atoms with Crippen LogP contribution in [0.15, 0.2) is 0 Å². The molecular formula is C13H22N6. The van der Waals surface area contributed by atoms with Crippen molar-refractivity contribution in [2.75, 3.05) is 11.1 Å². The fourth-order valence-corrected chi connectivity index (χ4v) is 2.12. The lowest BCUT2D eigenvalue weighted by Gasteiger charge is -2.10. The van der Waals surface area contributed by atoms with Gasteiger partial charge < -0.3 is 15.6 Å². The number of hydrogen-bond donors (Lipinski definition) is 2. The topological polar surface area (TPSA) is 81.7 Å². The summed E-state index contributed by atoms with van der Waals surface area (Å²) in [5.74, 6) is 2.17. The molecule has 2 rings (SSSR count). The van der Waals surface area contributed by atoms with Crippen LogP contribution < -0.4 is 11.1 Å². The molecule has 0 saturated heterocycles. The van der Waals surface area contributed by atoms with E-state index in [1.165, 1.54) is 0 Å². The largest absolute Gasteiger partial charge is 0.380 e. The van der Waals surface area contributed by atoms with Gasteiger partial charge in [-0.1, -0.05) is 13.3 Å². The number of rotatable bonds is 5. The predicted molar refractivity (Wildman–Crippen MR) is 78.1 cm³/mol. The Labute approximate surface area is 113 Å². The van der Waals surface area contributed by atoms with Crippen molar-refractivity contribution in [2.45, 2.75) is 46.1 Å². The SMILES string of the molecule is CCCCc1nc2c(N)nnc(NC(C)C)c2n1C. The van der Waals surface area contributed by atoms with Gasteiger partial charge in [-0.2, -0.15) is 0 Å². The molecule has 2 aromatic rings. The maximum atomic E-state index is 5.89. The third-order valence-electron chi connectivity index (χ3n) is 3.09. The molecule has 0 aliphatic rings. The molecule has 0 radical (unpaired) electrons. The van der Waals surface area contributed by atoms with E-state index < -0.39 is 0 Å². The molecule has 0 amide bonds. The lowest BCUT2D eigenvalue weighted by atomic mass is 10.2. The number of anilines is 2. The van der Waals surface area contributed by atoms with E-state index in [9.17, 15) is 0 Å². The molecule has 104 valence electrons. The van der Waals surface area contributed by atoms with Crippen LogP contribution >= 0.6 is 0 Å². The van der Waals surface area contributed by atoms with Crippen LogP contribution in [-0.4, -0.2) is 25.8 Å². The lowest BCUT2D eigenvalue weighted by molar-refractivity contribution is 0.719. The summed E-state index contributed by atoms with van der Waals surface area (Å²) in [6.45, 7) is 6.31. The first-order valence-electron chi connectivity index (χ1n) is 6.78. The molecule has 19 heavy (non-hydrogen) atoms. The van der Waals surface area contributed by atoms with Crippen molar-refractivity contribution in [1.29, 1.82) is 0 Å². The number of aryl methyl sites for hydroxylation is 2. The molecular weight excluding hydrogens is 240 g/mol. The highest BCUT2D eigenvalue weighted by Crippen LogP contribution is 2.25. The standard InChI is InChI=1S/C13H22N6/c1-5-6-7-9-16-10-11(19(9)4)13(15-8(2)3)18-17-12(10)14/h8H,5-7H2,1-4H3,(H2,14,17)(H,15,18). The molecule has 0 fully saturated rings. The number of aromatic nitrogens is 4. The van der Waals surface area contributed by atoms with Crippen LogP contribution in [0, 0.1) is 0 Å². The number of nitrogen functional groups attached to an aromatic ring is 1. The summed E-state index contributed by atoms with van der Waals surface area (Å²) in [7, 11) is 2.01. The summed E-state index contributed by atoms with van der Waals surface area (Å²) in [4.78, 5) is 4.61. The van der Waals surface area contributed by atoms with Gasteiger partial charge in [0.25, 0.3) is 0 Å². The molecule has 3 N–H and O–H groups in total. The van der Waals surface area contributed by atoms with E-state index in [2.05, 4.69) is 45.8 Å². The van der Waals surface area contributed by atoms with Crippen LogP contribution in [-0.2, 0) is 13.5 Å². The molecule has 0 spiro atoms. The molecule has 2 heterocycles. The van der Waals surface area contributed by atoms with E-state index in [1.54, 1.807) is 0 Å². The summed E-state index contributed by atoms with van der Waals surface area (Å²) in [6, 6.07) is 0.287. The van der Waals surface area contributed by atoms with Crippen molar-refractivity contribution in [3.05, 3.63) is 5.82 Å². The van der Waals surface area contributed by atoms with Crippen molar-refractivity contribution in [1.82, 2.24) is 19.7 Å². The summed E-state index contributed by atoms with van der Waals surface area (Å²) < 4.78 is 2.07. The highest BCUT2D eigenvalue weighted by molar-refractivity contribution is 5.92. The van der Waals surface area contributed by atoms with Gasteiger partial charge in [0, 0.05) is 19.5 Å². The number of nitrogens with two attached hydrogens (primary N) is 1. The van der Waals surface area contributed by atoms with E-state index in [0.717, 1.165) is 41.9 Å². The Hall–Kier alpha value is -1.85.